The van der Waals surface area contributed by atoms with E-state index in [-0.39, 0.29) is 23.3 Å². The second-order valence-corrected chi connectivity index (χ2v) is 5.67. The highest BCUT2D eigenvalue weighted by molar-refractivity contribution is 5.99. The zero-order chi connectivity index (χ0) is 17.9. The molecule has 0 atom stereocenters. The minimum Gasteiger partial charge on any atom is -0.478 e. The minimum atomic E-state index is -1.29. The number of carbonyl (C=O) groups excluding carboxylic acids is 1. The van der Waals surface area contributed by atoms with Crippen LogP contribution in [-0.2, 0) is 4.74 Å². The summed E-state index contributed by atoms with van der Waals surface area (Å²) in [4.78, 5) is 34.0. The van der Waals surface area contributed by atoms with Gasteiger partial charge in [0.05, 0.1) is 23.3 Å². The fourth-order valence-electron chi connectivity index (χ4n) is 2.30. The van der Waals surface area contributed by atoms with E-state index in [9.17, 15) is 14.4 Å². The molecule has 1 aromatic rings. The lowest BCUT2D eigenvalue weighted by Gasteiger charge is -2.07. The normalized spacial score (nSPS) is 10.4. The van der Waals surface area contributed by atoms with Gasteiger partial charge in [-0.05, 0) is 24.6 Å². The number of carboxylic acids is 2. The molecule has 0 aliphatic rings. The number of carboxylic acid groups (broad SMARTS) is 2. The third-order valence-electron chi connectivity index (χ3n) is 3.64. The molecule has 6 heteroatoms. The number of hydrogen-bond acceptors (Lipinski definition) is 4. The van der Waals surface area contributed by atoms with Crippen LogP contribution >= 0.6 is 0 Å². The largest absolute Gasteiger partial charge is 0.478 e. The highest BCUT2D eigenvalue weighted by atomic mass is 16.5. The van der Waals surface area contributed by atoms with Gasteiger partial charge in [0.1, 0.15) is 0 Å². The second kappa shape index (κ2) is 10.4. The molecule has 0 fully saturated rings. The second-order valence-electron chi connectivity index (χ2n) is 5.67. The summed E-state index contributed by atoms with van der Waals surface area (Å²) < 4.78 is 5.10. The van der Waals surface area contributed by atoms with Gasteiger partial charge in [-0.1, -0.05) is 45.4 Å². The summed E-state index contributed by atoms with van der Waals surface area (Å²) in [6.45, 7) is 2.40. The van der Waals surface area contributed by atoms with E-state index in [1.54, 1.807) is 0 Å². The van der Waals surface area contributed by atoms with Crippen LogP contribution in [0.5, 0.6) is 0 Å². The van der Waals surface area contributed by atoms with Crippen molar-refractivity contribution in [3.8, 4) is 0 Å². The first-order valence-corrected chi connectivity index (χ1v) is 8.24. The molecule has 0 bridgehead atoms. The number of aromatic carboxylic acids is 2. The van der Waals surface area contributed by atoms with E-state index >= 15 is 0 Å². The first-order chi connectivity index (χ1) is 11.5. The van der Waals surface area contributed by atoms with Crippen molar-refractivity contribution < 1.29 is 29.3 Å². The van der Waals surface area contributed by atoms with Crippen LogP contribution in [-0.4, -0.2) is 34.7 Å². The number of rotatable bonds is 11. The van der Waals surface area contributed by atoms with Crippen molar-refractivity contribution in [2.75, 3.05) is 6.61 Å². The molecule has 0 saturated carbocycles. The number of benzene rings is 1. The van der Waals surface area contributed by atoms with Gasteiger partial charge in [-0.3, -0.25) is 0 Å². The van der Waals surface area contributed by atoms with E-state index in [0.717, 1.165) is 37.5 Å². The molecule has 132 valence electrons. The van der Waals surface area contributed by atoms with Gasteiger partial charge in [0.15, 0.2) is 0 Å². The third kappa shape index (κ3) is 6.81. The zero-order valence-corrected chi connectivity index (χ0v) is 13.9. The predicted molar refractivity (Wildman–Crippen MR) is 88.6 cm³/mol. The van der Waals surface area contributed by atoms with Gasteiger partial charge < -0.3 is 14.9 Å². The Balaban J connectivity index is 2.49. The highest BCUT2D eigenvalue weighted by Crippen LogP contribution is 2.13. The topological polar surface area (TPSA) is 101 Å². The molecular weight excluding hydrogens is 312 g/mol. The van der Waals surface area contributed by atoms with E-state index in [2.05, 4.69) is 6.92 Å². The molecule has 0 aliphatic carbocycles. The Morgan fingerprint density at radius 1 is 0.792 bits per heavy atom. The summed E-state index contributed by atoms with van der Waals surface area (Å²) >= 11 is 0. The lowest BCUT2D eigenvalue weighted by atomic mass is 10.1. The van der Waals surface area contributed by atoms with Gasteiger partial charge in [0.25, 0.3) is 0 Å². The number of unbranched alkanes of at least 4 members (excludes halogenated alkanes) is 6. The average molecular weight is 336 g/mol. The molecule has 0 aromatic heterocycles. The molecule has 0 saturated heterocycles. The van der Waals surface area contributed by atoms with E-state index < -0.39 is 17.9 Å². The quantitative estimate of drug-likeness (QED) is 0.468. The molecule has 0 radical (unpaired) electrons. The van der Waals surface area contributed by atoms with Crippen LogP contribution in [0.25, 0.3) is 0 Å². The van der Waals surface area contributed by atoms with Gasteiger partial charge >= 0.3 is 17.9 Å². The Morgan fingerprint density at radius 3 is 1.75 bits per heavy atom. The SMILES string of the molecule is CCCCCCCCCOC(=O)c1cc(C(=O)O)cc(C(=O)O)c1. The predicted octanol–water partition coefficient (Wildman–Crippen LogP) is 3.99. The highest BCUT2D eigenvalue weighted by Gasteiger charge is 2.16. The van der Waals surface area contributed by atoms with Crippen LogP contribution in [0.1, 0.15) is 82.9 Å². The van der Waals surface area contributed by atoms with Crippen molar-refractivity contribution in [3.63, 3.8) is 0 Å². The maximum absolute atomic E-state index is 12.0. The molecule has 1 aromatic carbocycles. The van der Waals surface area contributed by atoms with Crippen LogP contribution < -0.4 is 0 Å². The van der Waals surface area contributed by atoms with E-state index in [0.29, 0.717) is 0 Å². The average Bonchev–Trinajstić information content (AvgIpc) is 2.56. The van der Waals surface area contributed by atoms with E-state index in [1.165, 1.54) is 25.7 Å². The molecular formula is C18H24O6. The van der Waals surface area contributed by atoms with Gasteiger partial charge in [0.2, 0.25) is 0 Å². The third-order valence-corrected chi connectivity index (χ3v) is 3.64. The van der Waals surface area contributed by atoms with E-state index in [4.69, 9.17) is 14.9 Å². The molecule has 2 N–H and O–H groups in total. The van der Waals surface area contributed by atoms with Crippen molar-refractivity contribution in [1.29, 1.82) is 0 Å². The van der Waals surface area contributed by atoms with Crippen LogP contribution in [0.15, 0.2) is 18.2 Å². The van der Waals surface area contributed by atoms with Crippen LogP contribution in [0.4, 0.5) is 0 Å². The summed E-state index contributed by atoms with van der Waals surface area (Å²) in [5.74, 6) is -3.29. The lowest BCUT2D eigenvalue weighted by Crippen LogP contribution is -2.11. The van der Waals surface area contributed by atoms with Crippen molar-refractivity contribution in [2.45, 2.75) is 51.9 Å². The Kier molecular flexibility index (Phi) is 8.54. The van der Waals surface area contributed by atoms with Crippen molar-refractivity contribution in [1.82, 2.24) is 0 Å². The first-order valence-electron chi connectivity index (χ1n) is 8.24. The summed E-state index contributed by atoms with van der Waals surface area (Å²) in [6.07, 6.45) is 7.62. The van der Waals surface area contributed by atoms with Gasteiger partial charge in [-0.2, -0.15) is 0 Å². The Labute approximate surface area is 141 Å². The summed E-state index contributed by atoms with van der Waals surface area (Å²) in [5, 5.41) is 18.0. The number of esters is 1. The molecule has 0 unspecified atom stereocenters. The fraction of sp³-hybridized carbons (Fsp3) is 0.500. The fourth-order valence-corrected chi connectivity index (χ4v) is 2.30. The Hall–Kier alpha value is -2.37. The van der Waals surface area contributed by atoms with Crippen molar-refractivity contribution >= 4 is 17.9 Å². The molecule has 6 nitrogen and oxygen atoms in total. The monoisotopic (exact) mass is 336 g/mol. The Morgan fingerprint density at radius 2 is 1.25 bits per heavy atom. The molecule has 1 rings (SSSR count). The first kappa shape index (κ1) is 19.7. The summed E-state index contributed by atoms with van der Waals surface area (Å²) in [5.41, 5.74) is -0.564. The van der Waals surface area contributed by atoms with Crippen LogP contribution in [0.2, 0.25) is 0 Å². The summed E-state index contributed by atoms with van der Waals surface area (Å²) in [6, 6.07) is 3.27. The molecule has 0 heterocycles. The van der Waals surface area contributed by atoms with Gasteiger partial charge in [-0.25, -0.2) is 14.4 Å². The molecule has 0 spiro atoms. The van der Waals surface area contributed by atoms with Crippen LogP contribution in [0.3, 0.4) is 0 Å². The van der Waals surface area contributed by atoms with Crippen molar-refractivity contribution in [3.05, 3.63) is 34.9 Å². The number of carbonyl (C=O) groups is 3. The summed E-state index contributed by atoms with van der Waals surface area (Å²) in [7, 11) is 0. The van der Waals surface area contributed by atoms with Gasteiger partial charge in [-0.15, -0.1) is 0 Å². The molecule has 0 amide bonds. The van der Waals surface area contributed by atoms with Crippen LogP contribution in [0, 0.1) is 0 Å². The molecule has 24 heavy (non-hydrogen) atoms. The van der Waals surface area contributed by atoms with Gasteiger partial charge in [0, 0.05) is 0 Å². The maximum Gasteiger partial charge on any atom is 0.338 e. The van der Waals surface area contributed by atoms with E-state index in [1.807, 2.05) is 0 Å². The number of ether oxygens (including phenoxy) is 1. The maximum atomic E-state index is 12.0. The smallest absolute Gasteiger partial charge is 0.338 e. The number of hydrogen-bond donors (Lipinski definition) is 2. The Bertz CT molecular complexity index is 547. The zero-order valence-electron chi connectivity index (χ0n) is 13.9. The standard InChI is InChI=1S/C18H24O6/c1-2-3-4-5-6-7-8-9-24-18(23)15-11-13(16(19)20)10-14(12-15)17(21)22/h10-12H,2-9H2,1H3,(H,19,20)(H,21,22). The lowest BCUT2D eigenvalue weighted by molar-refractivity contribution is 0.0497. The minimum absolute atomic E-state index is 0.0600. The van der Waals surface area contributed by atoms with Crippen molar-refractivity contribution in [2.24, 2.45) is 0 Å². The molecule has 0 aliphatic heterocycles.